The minimum absolute atomic E-state index is 0.153. The van der Waals surface area contributed by atoms with Crippen LogP contribution in [0, 0.1) is 0 Å². The largest absolute Gasteiger partial charge is 0.495 e. The first-order valence-corrected chi connectivity index (χ1v) is 10.0. The molecule has 0 N–H and O–H groups in total. The minimum atomic E-state index is -0.153. The first kappa shape index (κ1) is 18.9. The van der Waals surface area contributed by atoms with Crippen molar-refractivity contribution in [2.24, 2.45) is 0 Å². The van der Waals surface area contributed by atoms with Gasteiger partial charge in [0.25, 0.3) is 5.91 Å². The van der Waals surface area contributed by atoms with Crippen LogP contribution in [0.2, 0.25) is 0 Å². The molecule has 0 aliphatic heterocycles. The third-order valence-electron chi connectivity index (χ3n) is 4.31. The SMILES string of the molecule is C=CCN(C(=O)c1cc(OC)c(Br)c(OC)c1)c1nc2c(s1)CCCC2. The lowest BCUT2D eigenvalue weighted by Crippen LogP contribution is -2.31. The summed E-state index contributed by atoms with van der Waals surface area (Å²) in [5.74, 6) is 0.939. The number of hydrogen-bond donors (Lipinski definition) is 0. The van der Waals surface area contributed by atoms with Gasteiger partial charge in [-0.3, -0.25) is 9.69 Å². The van der Waals surface area contributed by atoms with E-state index in [1.165, 1.54) is 11.3 Å². The van der Waals surface area contributed by atoms with Gasteiger partial charge >= 0.3 is 0 Å². The van der Waals surface area contributed by atoms with Crippen LogP contribution in [0.3, 0.4) is 0 Å². The smallest absolute Gasteiger partial charge is 0.260 e. The Hall–Kier alpha value is -1.86. The highest BCUT2D eigenvalue weighted by Gasteiger charge is 2.25. The highest BCUT2D eigenvalue weighted by atomic mass is 79.9. The average Bonchev–Trinajstić information content (AvgIpc) is 3.09. The molecule has 0 atom stereocenters. The Labute approximate surface area is 165 Å². The lowest BCUT2D eigenvalue weighted by atomic mass is 10.0. The van der Waals surface area contributed by atoms with E-state index in [1.807, 2.05) is 0 Å². The third kappa shape index (κ3) is 3.64. The van der Waals surface area contributed by atoms with Crippen molar-refractivity contribution in [3.8, 4) is 11.5 Å². The van der Waals surface area contributed by atoms with E-state index in [0.29, 0.717) is 28.1 Å². The number of carbonyl (C=O) groups excluding carboxylic acids is 1. The fourth-order valence-corrected chi connectivity index (χ4v) is 4.69. The summed E-state index contributed by atoms with van der Waals surface area (Å²) < 4.78 is 11.4. The zero-order valence-electron chi connectivity index (χ0n) is 14.9. The van der Waals surface area contributed by atoms with Crippen molar-refractivity contribution in [1.82, 2.24) is 4.98 Å². The van der Waals surface area contributed by atoms with Crippen LogP contribution in [-0.2, 0) is 12.8 Å². The highest BCUT2D eigenvalue weighted by Crippen LogP contribution is 2.37. The molecular weight excluding hydrogens is 416 g/mol. The van der Waals surface area contributed by atoms with E-state index in [1.54, 1.807) is 48.7 Å². The molecule has 0 bridgehead atoms. The van der Waals surface area contributed by atoms with Gasteiger partial charge in [-0.25, -0.2) is 4.98 Å². The molecule has 1 aliphatic carbocycles. The number of halogens is 1. The lowest BCUT2D eigenvalue weighted by Gasteiger charge is -2.19. The van der Waals surface area contributed by atoms with Crippen molar-refractivity contribution in [1.29, 1.82) is 0 Å². The number of nitrogens with zero attached hydrogens (tertiary/aromatic N) is 2. The molecule has 26 heavy (non-hydrogen) atoms. The van der Waals surface area contributed by atoms with Crippen molar-refractivity contribution < 1.29 is 14.3 Å². The van der Waals surface area contributed by atoms with Crippen LogP contribution in [0.15, 0.2) is 29.3 Å². The Morgan fingerprint density at radius 1 is 1.31 bits per heavy atom. The van der Waals surface area contributed by atoms with Crippen molar-refractivity contribution >= 4 is 38.3 Å². The van der Waals surface area contributed by atoms with Gasteiger partial charge in [-0.05, 0) is 53.7 Å². The fraction of sp³-hybridized carbons (Fsp3) is 0.368. The predicted octanol–water partition coefficient (Wildman–Crippen LogP) is 4.63. The quantitative estimate of drug-likeness (QED) is 0.619. The number of ether oxygens (including phenoxy) is 2. The summed E-state index contributed by atoms with van der Waals surface area (Å²) in [6.07, 6.45) is 6.09. The molecule has 0 saturated heterocycles. The first-order valence-electron chi connectivity index (χ1n) is 8.42. The molecule has 1 aromatic carbocycles. The highest BCUT2D eigenvalue weighted by molar-refractivity contribution is 9.10. The lowest BCUT2D eigenvalue weighted by molar-refractivity contribution is 0.0989. The van der Waals surface area contributed by atoms with E-state index in [2.05, 4.69) is 22.5 Å². The van der Waals surface area contributed by atoms with Gasteiger partial charge in [0.05, 0.1) is 19.9 Å². The predicted molar refractivity (Wildman–Crippen MR) is 108 cm³/mol. The zero-order valence-corrected chi connectivity index (χ0v) is 17.3. The van der Waals surface area contributed by atoms with Gasteiger partial charge in [-0.15, -0.1) is 17.9 Å². The second-order valence-corrected chi connectivity index (χ2v) is 7.83. The van der Waals surface area contributed by atoms with Gasteiger partial charge in [-0.2, -0.15) is 0 Å². The summed E-state index contributed by atoms with van der Waals surface area (Å²) in [5, 5.41) is 0.725. The van der Waals surface area contributed by atoms with Gasteiger partial charge < -0.3 is 9.47 Å². The molecule has 5 nitrogen and oxygen atoms in total. The number of fused-ring (bicyclic) bond motifs is 1. The first-order chi connectivity index (χ1) is 12.6. The number of aromatic nitrogens is 1. The topological polar surface area (TPSA) is 51.7 Å². The van der Waals surface area contributed by atoms with Gasteiger partial charge in [0.15, 0.2) is 5.13 Å². The van der Waals surface area contributed by atoms with Crippen LogP contribution in [0.5, 0.6) is 11.5 Å². The molecule has 0 spiro atoms. The number of thiazole rings is 1. The molecule has 2 aromatic rings. The van der Waals surface area contributed by atoms with Crippen LogP contribution in [0.1, 0.15) is 33.8 Å². The van der Waals surface area contributed by atoms with Crippen molar-refractivity contribution in [2.45, 2.75) is 25.7 Å². The number of carbonyl (C=O) groups is 1. The molecule has 1 amide bonds. The van der Waals surface area contributed by atoms with Crippen LogP contribution in [0.4, 0.5) is 5.13 Å². The number of anilines is 1. The Kier molecular flexibility index (Phi) is 5.98. The molecule has 0 fully saturated rings. The second-order valence-electron chi connectivity index (χ2n) is 5.97. The maximum atomic E-state index is 13.2. The summed E-state index contributed by atoms with van der Waals surface area (Å²) in [5.41, 5.74) is 1.61. The minimum Gasteiger partial charge on any atom is -0.495 e. The second kappa shape index (κ2) is 8.22. The standard InChI is InChI=1S/C19H21BrN2O3S/c1-4-9-22(19-21-13-7-5-6-8-16(13)26-19)18(23)12-10-14(24-2)17(20)15(11-12)25-3/h4,10-11H,1,5-9H2,2-3H3. The molecule has 1 aliphatic rings. The third-order valence-corrected chi connectivity index (χ3v) is 6.28. The van der Waals surface area contributed by atoms with Gasteiger partial charge in [0, 0.05) is 17.0 Å². The van der Waals surface area contributed by atoms with E-state index < -0.39 is 0 Å². The molecule has 0 saturated carbocycles. The maximum absolute atomic E-state index is 13.2. The Balaban J connectivity index is 1.99. The Bertz CT molecular complexity index is 786. The van der Waals surface area contributed by atoms with E-state index >= 15 is 0 Å². The molecule has 1 aromatic heterocycles. The molecule has 3 rings (SSSR count). The Morgan fingerprint density at radius 3 is 2.54 bits per heavy atom. The number of rotatable bonds is 6. The summed E-state index contributed by atoms with van der Waals surface area (Å²) >= 11 is 5.04. The van der Waals surface area contributed by atoms with Gasteiger partial charge in [-0.1, -0.05) is 6.08 Å². The van der Waals surface area contributed by atoms with Crippen molar-refractivity contribution in [2.75, 3.05) is 25.7 Å². The molecular formula is C19H21BrN2O3S. The summed E-state index contributed by atoms with van der Waals surface area (Å²) in [7, 11) is 3.12. The van der Waals surface area contributed by atoms with Crippen LogP contribution in [0.25, 0.3) is 0 Å². The van der Waals surface area contributed by atoms with Crippen LogP contribution in [-0.4, -0.2) is 31.7 Å². The molecule has 0 radical (unpaired) electrons. The summed E-state index contributed by atoms with van der Waals surface area (Å²) in [6, 6.07) is 3.41. The molecule has 0 unspecified atom stereocenters. The number of benzene rings is 1. The molecule has 1 heterocycles. The average molecular weight is 437 g/mol. The monoisotopic (exact) mass is 436 g/mol. The maximum Gasteiger partial charge on any atom is 0.260 e. The number of amides is 1. The zero-order chi connectivity index (χ0) is 18.7. The van der Waals surface area contributed by atoms with Gasteiger partial charge in [0.2, 0.25) is 0 Å². The van der Waals surface area contributed by atoms with Gasteiger partial charge in [0.1, 0.15) is 16.0 Å². The van der Waals surface area contributed by atoms with Crippen LogP contribution >= 0.6 is 27.3 Å². The normalized spacial score (nSPS) is 13.0. The van der Waals surface area contributed by atoms with Crippen LogP contribution < -0.4 is 14.4 Å². The fourth-order valence-electron chi connectivity index (χ4n) is 2.98. The number of aryl methyl sites for hydroxylation is 2. The van der Waals surface area contributed by atoms with E-state index in [0.717, 1.165) is 30.1 Å². The van der Waals surface area contributed by atoms with E-state index in [9.17, 15) is 4.79 Å². The van der Waals surface area contributed by atoms with E-state index in [-0.39, 0.29) is 5.91 Å². The number of hydrogen-bond acceptors (Lipinski definition) is 5. The Morgan fingerprint density at radius 2 is 1.96 bits per heavy atom. The van der Waals surface area contributed by atoms with Crippen molar-refractivity contribution in [3.63, 3.8) is 0 Å². The molecule has 138 valence electrons. The summed E-state index contributed by atoms with van der Waals surface area (Å²) in [6.45, 7) is 4.19. The number of methoxy groups -OCH3 is 2. The summed E-state index contributed by atoms with van der Waals surface area (Å²) in [4.78, 5) is 20.9. The van der Waals surface area contributed by atoms with E-state index in [4.69, 9.17) is 14.5 Å². The molecule has 7 heteroatoms. The van der Waals surface area contributed by atoms with Crippen molar-refractivity contribution in [3.05, 3.63) is 45.4 Å².